The van der Waals surface area contributed by atoms with E-state index in [2.05, 4.69) is 6.92 Å². The Bertz CT molecular complexity index is 614. The maximum atomic E-state index is 11.7. The van der Waals surface area contributed by atoms with Crippen molar-refractivity contribution >= 4 is 17.6 Å². The minimum atomic E-state index is -0.522. The number of nitro benzene ring substituents is 1. The van der Waals surface area contributed by atoms with Crippen molar-refractivity contribution in [3.05, 3.63) is 34.4 Å². The third-order valence-electron chi connectivity index (χ3n) is 4.55. The Hall–Kier alpha value is -2.44. The average molecular weight is 408 g/mol. The molecule has 0 aromatic heterocycles. The fourth-order valence-electron chi connectivity index (χ4n) is 2.87. The quantitative estimate of drug-likeness (QED) is 0.114. The normalized spacial score (nSPS) is 10.5. The van der Waals surface area contributed by atoms with E-state index in [9.17, 15) is 19.7 Å². The molecule has 0 radical (unpaired) electrons. The van der Waals surface area contributed by atoms with Gasteiger partial charge in [0.2, 0.25) is 0 Å². The lowest BCUT2D eigenvalue weighted by molar-refractivity contribution is -0.384. The fourth-order valence-corrected chi connectivity index (χ4v) is 2.87. The molecule has 0 saturated carbocycles. The molecule has 0 heterocycles. The van der Waals surface area contributed by atoms with Gasteiger partial charge in [-0.15, -0.1) is 0 Å². The molecule has 0 bridgehead atoms. The molecule has 0 aliphatic rings. The molecule has 0 aliphatic heterocycles. The Morgan fingerprint density at radius 3 is 1.97 bits per heavy atom. The topological polar surface area (TPSA) is 95.7 Å². The van der Waals surface area contributed by atoms with Crippen molar-refractivity contribution in [1.82, 2.24) is 0 Å². The van der Waals surface area contributed by atoms with Crippen LogP contribution in [0.25, 0.3) is 0 Å². The summed E-state index contributed by atoms with van der Waals surface area (Å²) in [6.45, 7) is 2.65. The molecular weight excluding hydrogens is 374 g/mol. The highest BCUT2D eigenvalue weighted by atomic mass is 16.6. The first-order chi connectivity index (χ1) is 14.0. The number of unbranched alkanes of at least 4 members (excludes halogenated alkanes) is 8. The first-order valence-electron chi connectivity index (χ1n) is 10.6. The highest BCUT2D eigenvalue weighted by Crippen LogP contribution is 2.18. The maximum Gasteiger partial charge on any atom is 0.311 e. The molecule has 1 rings (SSSR count). The van der Waals surface area contributed by atoms with Crippen molar-refractivity contribution in [3.63, 3.8) is 0 Å². The van der Waals surface area contributed by atoms with Crippen molar-refractivity contribution in [1.29, 1.82) is 0 Å². The molecular formula is C22H33NO6. The predicted octanol–water partition coefficient (Wildman–Crippen LogP) is 5.74. The Morgan fingerprint density at radius 2 is 1.38 bits per heavy atom. The van der Waals surface area contributed by atoms with Gasteiger partial charge in [-0.3, -0.25) is 19.7 Å². The number of hydrogen-bond acceptors (Lipinski definition) is 6. The summed E-state index contributed by atoms with van der Waals surface area (Å²) in [4.78, 5) is 33.5. The molecule has 1 aromatic carbocycles. The molecule has 0 fully saturated rings. The minimum absolute atomic E-state index is 0.0699. The van der Waals surface area contributed by atoms with Gasteiger partial charge in [-0.25, -0.2) is 0 Å². The average Bonchev–Trinajstić information content (AvgIpc) is 2.69. The van der Waals surface area contributed by atoms with E-state index in [1.54, 1.807) is 0 Å². The predicted molar refractivity (Wildman–Crippen MR) is 111 cm³/mol. The molecule has 0 saturated heterocycles. The first-order valence-corrected chi connectivity index (χ1v) is 10.6. The third kappa shape index (κ3) is 12.6. The molecule has 29 heavy (non-hydrogen) atoms. The lowest BCUT2D eigenvalue weighted by atomic mass is 10.1. The second kappa shape index (κ2) is 15.5. The molecule has 1 aromatic rings. The molecule has 0 N–H and O–H groups in total. The van der Waals surface area contributed by atoms with Gasteiger partial charge in [-0.2, -0.15) is 0 Å². The van der Waals surface area contributed by atoms with Crippen LogP contribution >= 0.6 is 0 Å². The fraction of sp³-hybridized carbons (Fsp3) is 0.636. The Labute approximate surface area is 172 Å². The number of ether oxygens (including phenoxy) is 2. The lowest BCUT2D eigenvalue weighted by Gasteiger charge is -2.06. The van der Waals surface area contributed by atoms with E-state index < -0.39 is 10.9 Å². The van der Waals surface area contributed by atoms with Crippen molar-refractivity contribution in [2.24, 2.45) is 0 Å². The van der Waals surface area contributed by atoms with E-state index in [1.807, 2.05) is 0 Å². The molecule has 0 aliphatic carbocycles. The molecule has 0 spiro atoms. The van der Waals surface area contributed by atoms with Crippen molar-refractivity contribution in [2.75, 3.05) is 6.61 Å². The summed E-state index contributed by atoms with van der Waals surface area (Å²) in [6, 6.07) is 5.28. The Morgan fingerprint density at radius 1 is 0.828 bits per heavy atom. The molecule has 162 valence electrons. The van der Waals surface area contributed by atoms with Crippen LogP contribution in [0.3, 0.4) is 0 Å². The SMILES string of the molecule is CCCCCCCCCCCOC(=O)CCCC(=O)Oc1ccc([N+](=O)[O-])cc1. The summed E-state index contributed by atoms with van der Waals surface area (Å²) < 4.78 is 10.3. The first kappa shape index (κ1) is 24.6. The third-order valence-corrected chi connectivity index (χ3v) is 4.55. The van der Waals surface area contributed by atoms with Gasteiger partial charge in [-0.05, 0) is 25.0 Å². The van der Waals surface area contributed by atoms with Crippen molar-refractivity contribution in [3.8, 4) is 5.75 Å². The van der Waals surface area contributed by atoms with Crippen LogP contribution in [-0.4, -0.2) is 23.5 Å². The Kier molecular flexibility index (Phi) is 13.1. The number of carbonyl (C=O) groups excluding carboxylic acids is 2. The van der Waals surface area contributed by atoms with Crippen LogP contribution < -0.4 is 4.74 Å². The second-order valence-corrected chi connectivity index (χ2v) is 7.13. The van der Waals surface area contributed by atoms with Crippen LogP contribution in [0.5, 0.6) is 5.75 Å². The Balaban J connectivity index is 2.00. The van der Waals surface area contributed by atoms with Crippen LogP contribution in [0.1, 0.15) is 84.0 Å². The van der Waals surface area contributed by atoms with E-state index in [0.717, 1.165) is 12.8 Å². The monoisotopic (exact) mass is 407 g/mol. The number of non-ortho nitro benzene ring substituents is 1. The number of nitro groups is 1. The van der Waals surface area contributed by atoms with Gasteiger partial charge in [-0.1, -0.05) is 58.3 Å². The summed E-state index contributed by atoms with van der Waals surface area (Å²) >= 11 is 0. The molecule has 0 amide bonds. The maximum absolute atomic E-state index is 11.7. The van der Waals surface area contributed by atoms with Gasteiger partial charge in [0, 0.05) is 25.0 Å². The zero-order valence-electron chi connectivity index (χ0n) is 17.4. The zero-order chi connectivity index (χ0) is 21.3. The van der Waals surface area contributed by atoms with Gasteiger partial charge in [0.1, 0.15) is 5.75 Å². The van der Waals surface area contributed by atoms with Gasteiger partial charge < -0.3 is 9.47 Å². The highest BCUT2D eigenvalue weighted by molar-refractivity contribution is 5.74. The molecule has 0 atom stereocenters. The molecule has 0 unspecified atom stereocenters. The van der Waals surface area contributed by atoms with Crippen molar-refractivity contribution in [2.45, 2.75) is 84.0 Å². The number of benzene rings is 1. The van der Waals surface area contributed by atoms with Gasteiger partial charge >= 0.3 is 11.9 Å². The van der Waals surface area contributed by atoms with Crippen molar-refractivity contribution < 1.29 is 24.0 Å². The highest BCUT2D eigenvalue weighted by Gasteiger charge is 2.10. The van der Waals surface area contributed by atoms with E-state index >= 15 is 0 Å². The summed E-state index contributed by atoms with van der Waals surface area (Å²) in [7, 11) is 0. The van der Waals surface area contributed by atoms with E-state index in [4.69, 9.17) is 9.47 Å². The van der Waals surface area contributed by atoms with E-state index in [1.165, 1.54) is 69.2 Å². The number of esters is 2. The summed E-state index contributed by atoms with van der Waals surface area (Å²) in [6.07, 6.45) is 11.5. The minimum Gasteiger partial charge on any atom is -0.466 e. The number of nitrogens with zero attached hydrogens (tertiary/aromatic N) is 1. The van der Waals surface area contributed by atoms with Crippen LogP contribution in [-0.2, 0) is 14.3 Å². The number of hydrogen-bond donors (Lipinski definition) is 0. The van der Waals surface area contributed by atoms with Gasteiger partial charge in [0.25, 0.3) is 5.69 Å². The number of rotatable bonds is 16. The summed E-state index contributed by atoms with van der Waals surface area (Å²) in [5.41, 5.74) is -0.0699. The number of carbonyl (C=O) groups is 2. The van der Waals surface area contributed by atoms with Crippen LogP contribution in [0.2, 0.25) is 0 Å². The standard InChI is InChI=1S/C22H33NO6/c1-2-3-4-5-6-7-8-9-10-18-28-21(24)12-11-13-22(25)29-20-16-14-19(15-17-20)23(26)27/h14-17H,2-13,18H2,1H3. The smallest absolute Gasteiger partial charge is 0.311 e. The summed E-state index contributed by atoms with van der Waals surface area (Å²) in [5, 5.41) is 10.6. The lowest BCUT2D eigenvalue weighted by Crippen LogP contribution is -2.10. The van der Waals surface area contributed by atoms with Gasteiger partial charge in [0.05, 0.1) is 11.5 Å². The zero-order valence-corrected chi connectivity index (χ0v) is 17.4. The second-order valence-electron chi connectivity index (χ2n) is 7.13. The largest absolute Gasteiger partial charge is 0.466 e. The molecule has 7 nitrogen and oxygen atoms in total. The van der Waals surface area contributed by atoms with E-state index in [0.29, 0.717) is 13.0 Å². The van der Waals surface area contributed by atoms with Crippen LogP contribution in [0.15, 0.2) is 24.3 Å². The van der Waals surface area contributed by atoms with Crippen LogP contribution in [0, 0.1) is 10.1 Å². The van der Waals surface area contributed by atoms with E-state index in [-0.39, 0.29) is 30.2 Å². The summed E-state index contributed by atoms with van der Waals surface area (Å²) in [5.74, 6) is -0.535. The molecule has 7 heteroatoms. The van der Waals surface area contributed by atoms with Crippen LogP contribution in [0.4, 0.5) is 5.69 Å². The van der Waals surface area contributed by atoms with Gasteiger partial charge in [0.15, 0.2) is 0 Å².